The molecule has 1 aromatic heterocycles. The fraction of sp³-hybridized carbons (Fsp3) is 0.429. The van der Waals surface area contributed by atoms with Crippen molar-refractivity contribution in [1.82, 2.24) is 10.3 Å². The van der Waals surface area contributed by atoms with E-state index in [1.807, 2.05) is 6.07 Å². The number of carbonyl (C=O) groups excluding carboxylic acids is 2. The number of nitrogens with one attached hydrogen (secondary N) is 2. The third-order valence-electron chi connectivity index (χ3n) is 5.40. The zero-order valence-electron chi connectivity index (χ0n) is 17.4. The Labute approximate surface area is 180 Å². The highest BCUT2D eigenvalue weighted by atomic mass is 32.2. The molecule has 0 unspecified atom stereocenters. The number of thiophene rings is 1. The van der Waals surface area contributed by atoms with E-state index >= 15 is 0 Å². The fourth-order valence-corrected chi connectivity index (χ4v) is 5.51. The molecule has 2 aromatic rings. The summed E-state index contributed by atoms with van der Waals surface area (Å²) in [5.41, 5.74) is 3.75. The molecule has 1 aliphatic rings. The quantitative estimate of drug-likeness (QED) is 0.538. The van der Waals surface area contributed by atoms with Crippen molar-refractivity contribution >= 4 is 33.2 Å². The van der Waals surface area contributed by atoms with E-state index in [0.717, 1.165) is 19.3 Å². The highest BCUT2D eigenvalue weighted by Crippen LogP contribution is 2.40. The van der Waals surface area contributed by atoms with Crippen LogP contribution >= 0.6 is 11.3 Å². The van der Waals surface area contributed by atoms with Crippen molar-refractivity contribution in [1.29, 1.82) is 0 Å². The summed E-state index contributed by atoms with van der Waals surface area (Å²) in [7, 11) is -2.83. The van der Waals surface area contributed by atoms with Crippen molar-refractivity contribution in [2.45, 2.75) is 44.9 Å². The third kappa shape index (κ3) is 4.91. The molecule has 3 rings (SSSR count). The van der Waals surface area contributed by atoms with Crippen LogP contribution in [-0.4, -0.2) is 27.4 Å². The van der Waals surface area contributed by atoms with Crippen LogP contribution in [0.4, 0.5) is 0 Å². The van der Waals surface area contributed by atoms with E-state index in [9.17, 15) is 18.0 Å². The Balaban J connectivity index is 1.69. The van der Waals surface area contributed by atoms with Crippen LogP contribution in [-0.2, 0) is 27.6 Å². The summed E-state index contributed by atoms with van der Waals surface area (Å²) in [4.78, 5) is 27.8. The monoisotopic (exact) mass is 450 g/mol. The fourth-order valence-electron chi connectivity index (χ4n) is 3.52. The van der Waals surface area contributed by atoms with Gasteiger partial charge in [0.1, 0.15) is 0 Å². The summed E-state index contributed by atoms with van der Waals surface area (Å²) < 4.78 is 29.6. The van der Waals surface area contributed by atoms with E-state index in [1.54, 1.807) is 0 Å². The minimum absolute atomic E-state index is 0.103. The molecular formula is C21H26N2O5S2. The molecule has 1 atom stereocenters. The molecular weight excluding hydrogens is 424 g/mol. The van der Waals surface area contributed by atoms with Gasteiger partial charge in [0.15, 0.2) is 0 Å². The lowest BCUT2D eigenvalue weighted by molar-refractivity contribution is 0.0600. The van der Waals surface area contributed by atoms with Gasteiger partial charge in [-0.3, -0.25) is 10.2 Å². The molecule has 1 amide bonds. The van der Waals surface area contributed by atoms with Crippen molar-refractivity contribution in [2.75, 3.05) is 7.11 Å². The predicted molar refractivity (Wildman–Crippen MR) is 115 cm³/mol. The molecule has 9 heteroatoms. The predicted octanol–water partition coefficient (Wildman–Crippen LogP) is 3.31. The normalized spacial score (nSPS) is 16.6. The first kappa shape index (κ1) is 22.5. The molecule has 2 N–H and O–H groups in total. The lowest BCUT2D eigenvalue weighted by Gasteiger charge is -2.33. The first-order valence-electron chi connectivity index (χ1n) is 9.63. The summed E-state index contributed by atoms with van der Waals surface area (Å²) in [6.45, 7) is 6.69. The van der Waals surface area contributed by atoms with Gasteiger partial charge in [0.25, 0.3) is 15.9 Å². The first-order valence-corrected chi connectivity index (χ1v) is 11.9. The number of rotatable bonds is 5. The second-order valence-corrected chi connectivity index (χ2v) is 11.3. The number of ether oxygens (including phenoxy) is 1. The van der Waals surface area contributed by atoms with E-state index in [2.05, 4.69) is 35.8 Å². The second-order valence-electron chi connectivity index (χ2n) is 8.44. The Morgan fingerprint density at radius 2 is 1.93 bits per heavy atom. The number of aryl methyl sites for hydroxylation is 1. The van der Waals surface area contributed by atoms with Crippen LogP contribution in [0.2, 0.25) is 0 Å². The van der Waals surface area contributed by atoms with Gasteiger partial charge in [0, 0.05) is 4.88 Å². The maximum Gasteiger partial charge on any atom is 0.337 e. The lowest BCUT2D eigenvalue weighted by atomic mass is 9.72. The minimum Gasteiger partial charge on any atom is -0.465 e. The summed E-state index contributed by atoms with van der Waals surface area (Å²) >= 11 is 1.40. The molecule has 1 heterocycles. The number of fused-ring (bicyclic) bond motifs is 1. The second kappa shape index (κ2) is 8.49. The largest absolute Gasteiger partial charge is 0.465 e. The van der Waals surface area contributed by atoms with E-state index in [0.29, 0.717) is 10.8 Å². The smallest absolute Gasteiger partial charge is 0.337 e. The minimum atomic E-state index is -4.04. The Bertz CT molecular complexity index is 1070. The zero-order chi connectivity index (χ0) is 22.1. The molecule has 0 saturated heterocycles. The van der Waals surface area contributed by atoms with Crippen LogP contribution in [0.25, 0.3) is 0 Å². The number of esters is 1. The Morgan fingerprint density at radius 3 is 2.60 bits per heavy atom. The average Bonchev–Trinajstić information content (AvgIpc) is 3.14. The van der Waals surface area contributed by atoms with Gasteiger partial charge in [-0.1, -0.05) is 26.8 Å². The van der Waals surface area contributed by atoms with Crippen LogP contribution in [0.1, 0.15) is 57.7 Å². The van der Waals surface area contributed by atoms with Crippen LogP contribution < -0.4 is 10.3 Å². The number of carbonyl (C=O) groups is 2. The number of hydrogen-bond acceptors (Lipinski definition) is 6. The highest BCUT2D eigenvalue weighted by Gasteiger charge is 2.30. The number of amides is 1. The van der Waals surface area contributed by atoms with E-state index in [1.165, 1.54) is 53.2 Å². The molecule has 0 bridgehead atoms. The van der Waals surface area contributed by atoms with Gasteiger partial charge in [-0.15, -0.1) is 16.2 Å². The molecule has 1 aliphatic carbocycles. The molecule has 0 aliphatic heterocycles. The number of benzene rings is 1. The molecule has 0 fully saturated rings. The number of methoxy groups -OCH3 is 1. The van der Waals surface area contributed by atoms with Gasteiger partial charge >= 0.3 is 5.97 Å². The molecule has 7 nitrogen and oxygen atoms in total. The van der Waals surface area contributed by atoms with Gasteiger partial charge < -0.3 is 4.74 Å². The first-order chi connectivity index (χ1) is 14.0. The van der Waals surface area contributed by atoms with Crippen LogP contribution in [0.5, 0.6) is 0 Å². The Morgan fingerprint density at radius 1 is 1.20 bits per heavy atom. The molecule has 0 radical (unpaired) electrons. The molecule has 0 spiro atoms. The maximum atomic E-state index is 12.5. The van der Waals surface area contributed by atoms with Crippen molar-refractivity contribution < 1.29 is 22.7 Å². The van der Waals surface area contributed by atoms with Crippen molar-refractivity contribution in [3.8, 4) is 0 Å². The summed E-state index contributed by atoms with van der Waals surface area (Å²) in [5.74, 6) is -0.598. The van der Waals surface area contributed by atoms with Gasteiger partial charge in [-0.25, -0.2) is 13.2 Å². The summed E-state index contributed by atoms with van der Waals surface area (Å²) in [5, 5.41) is 0. The van der Waals surface area contributed by atoms with Crippen molar-refractivity contribution in [3.63, 3.8) is 0 Å². The number of sulfonamides is 1. The molecule has 30 heavy (non-hydrogen) atoms. The summed E-state index contributed by atoms with van der Waals surface area (Å²) in [6, 6.07) is 7.26. The van der Waals surface area contributed by atoms with E-state index in [-0.39, 0.29) is 15.9 Å². The van der Waals surface area contributed by atoms with Gasteiger partial charge in [0.2, 0.25) is 0 Å². The standard InChI is InChI=1S/C21H26N2O5S2/c1-21(2,3)15-8-9-17-14(10-15)12-18(29-17)19(24)22-23-30(26,27)16-7-5-6-13(11-16)20(25)28-4/h5-7,11-12,15,23H,8-10H2,1-4H3,(H,22,24)/t15-/m0/s1. The van der Waals surface area contributed by atoms with Crippen LogP contribution in [0.3, 0.4) is 0 Å². The number of hydrazine groups is 1. The molecule has 1 aromatic carbocycles. The maximum absolute atomic E-state index is 12.5. The Kier molecular flexibility index (Phi) is 6.35. The van der Waals surface area contributed by atoms with Gasteiger partial charge in [-0.2, -0.15) is 0 Å². The molecule has 162 valence electrons. The lowest BCUT2D eigenvalue weighted by Crippen LogP contribution is -2.41. The van der Waals surface area contributed by atoms with Crippen molar-refractivity contribution in [2.24, 2.45) is 11.3 Å². The average molecular weight is 451 g/mol. The summed E-state index contributed by atoms with van der Waals surface area (Å²) in [6.07, 6.45) is 2.94. The van der Waals surface area contributed by atoms with Gasteiger partial charge in [-0.05, 0) is 60.4 Å². The van der Waals surface area contributed by atoms with Crippen LogP contribution in [0.15, 0.2) is 35.2 Å². The SMILES string of the molecule is COC(=O)c1cccc(S(=O)(=O)NNC(=O)c2cc3c(s2)CC[C@H](C(C)(C)C)C3)c1. The topological polar surface area (TPSA) is 102 Å². The van der Waals surface area contributed by atoms with E-state index < -0.39 is 21.9 Å². The highest BCUT2D eigenvalue weighted by molar-refractivity contribution is 7.89. The number of hydrogen-bond donors (Lipinski definition) is 2. The third-order valence-corrected chi connectivity index (χ3v) is 7.88. The van der Waals surface area contributed by atoms with Crippen molar-refractivity contribution in [3.05, 3.63) is 51.2 Å². The Hall–Kier alpha value is -2.23. The van der Waals surface area contributed by atoms with Crippen LogP contribution in [0, 0.1) is 11.3 Å². The van der Waals surface area contributed by atoms with E-state index in [4.69, 9.17) is 0 Å². The van der Waals surface area contributed by atoms with Gasteiger partial charge in [0.05, 0.1) is 22.4 Å². The zero-order valence-corrected chi connectivity index (χ0v) is 19.1. The molecule has 0 saturated carbocycles.